The van der Waals surface area contributed by atoms with Gasteiger partial charge in [-0.25, -0.2) is 9.59 Å². The molecule has 0 saturated heterocycles. The number of aryl methyl sites for hydroxylation is 2. The Bertz CT molecular complexity index is 2220. The molecule has 0 heterocycles. The first-order chi connectivity index (χ1) is 26.9. The molecule has 2 amide bonds. The highest BCUT2D eigenvalue weighted by atomic mass is 16.5. The average molecular weight is 749 g/mol. The molecular weight excluding hydrogens is 709 g/mol. The van der Waals surface area contributed by atoms with Crippen LogP contribution in [0.15, 0.2) is 133 Å². The van der Waals surface area contributed by atoms with E-state index in [1.54, 1.807) is 135 Å². The molecule has 0 fully saturated rings. The molecule has 10 nitrogen and oxygen atoms in total. The van der Waals surface area contributed by atoms with E-state index >= 15 is 0 Å². The third-order valence-electron chi connectivity index (χ3n) is 9.33. The van der Waals surface area contributed by atoms with Gasteiger partial charge >= 0.3 is 11.9 Å². The zero-order valence-electron chi connectivity index (χ0n) is 31.9. The topological polar surface area (TPSA) is 112 Å². The van der Waals surface area contributed by atoms with Crippen LogP contribution in [0.1, 0.15) is 52.6 Å². The summed E-state index contributed by atoms with van der Waals surface area (Å²) in [7, 11) is 6.54. The monoisotopic (exact) mass is 748 g/mol. The summed E-state index contributed by atoms with van der Waals surface area (Å²) in [5, 5.41) is 0. The van der Waals surface area contributed by atoms with Crippen molar-refractivity contribution in [2.75, 3.05) is 38.1 Å². The van der Waals surface area contributed by atoms with E-state index in [1.165, 1.54) is 0 Å². The second-order valence-corrected chi connectivity index (χ2v) is 13.0. The molecule has 56 heavy (non-hydrogen) atoms. The summed E-state index contributed by atoms with van der Waals surface area (Å²) in [5.74, 6) is 0.453. The summed E-state index contributed by atoms with van der Waals surface area (Å²) in [4.78, 5) is 55.2. The van der Waals surface area contributed by atoms with Gasteiger partial charge in [0.25, 0.3) is 11.8 Å². The molecule has 0 aromatic heterocycles. The smallest absolute Gasteiger partial charge is 0.343 e. The van der Waals surface area contributed by atoms with Crippen molar-refractivity contribution in [3.05, 3.63) is 167 Å². The van der Waals surface area contributed by atoms with Crippen LogP contribution in [0, 0.1) is 13.8 Å². The molecule has 6 aromatic rings. The Balaban J connectivity index is 1.07. The van der Waals surface area contributed by atoms with Gasteiger partial charge in [-0.05, 0) is 157 Å². The third-order valence-corrected chi connectivity index (χ3v) is 9.33. The summed E-state index contributed by atoms with van der Waals surface area (Å²) in [5.41, 5.74) is 6.84. The van der Waals surface area contributed by atoms with Crippen molar-refractivity contribution in [2.45, 2.75) is 13.8 Å². The fraction of sp³-hybridized carbons (Fsp3) is 0.130. The van der Waals surface area contributed by atoms with Gasteiger partial charge in [0.05, 0.1) is 25.3 Å². The van der Waals surface area contributed by atoms with E-state index in [0.717, 1.165) is 33.6 Å². The molecule has 0 unspecified atom stereocenters. The van der Waals surface area contributed by atoms with Crippen LogP contribution in [0.5, 0.6) is 23.0 Å². The van der Waals surface area contributed by atoms with Crippen LogP contribution in [-0.2, 0) is 0 Å². The minimum atomic E-state index is -0.514. The van der Waals surface area contributed by atoms with E-state index in [4.69, 9.17) is 18.9 Å². The molecule has 6 rings (SSSR count). The van der Waals surface area contributed by atoms with Crippen LogP contribution >= 0.6 is 0 Å². The van der Waals surface area contributed by atoms with Crippen LogP contribution in [-0.4, -0.2) is 52.1 Å². The number of rotatable bonds is 11. The number of hydrogen-bond acceptors (Lipinski definition) is 8. The number of ether oxygens (including phenoxy) is 4. The lowest BCUT2D eigenvalue weighted by atomic mass is 9.99. The van der Waals surface area contributed by atoms with E-state index in [1.807, 2.05) is 50.2 Å². The molecule has 282 valence electrons. The summed E-state index contributed by atoms with van der Waals surface area (Å²) in [6, 6.07) is 37.9. The predicted molar refractivity (Wildman–Crippen MR) is 216 cm³/mol. The maximum Gasteiger partial charge on any atom is 0.343 e. The SMILES string of the molecule is COc1ccc(C(=O)Oc2ccc(C(=O)N(C)c3ccc(-c4ccc(N(C)C(=O)c5ccc(OC(=O)c6ccc(OC)cc6)cc5)c(C)c4)cc3C)cc2)cc1. The largest absolute Gasteiger partial charge is 0.497 e. The standard InChI is InChI=1S/C46H40N2O8/c1-29-27-35(15-25-41(29)47(3)43(49)31-7-21-39(22-8-31)55-45(51)33-11-17-37(53-5)18-12-33)36-16-26-42(30(2)28-36)48(4)44(50)32-9-23-40(24-10-32)56-46(52)34-13-19-38(54-6)20-14-34/h7-28H,1-6H3. The lowest BCUT2D eigenvalue weighted by molar-refractivity contribution is 0.0725. The number of esters is 2. The minimum Gasteiger partial charge on any atom is -0.497 e. The van der Waals surface area contributed by atoms with Crippen molar-refractivity contribution < 1.29 is 38.1 Å². The molecule has 0 atom stereocenters. The number of benzene rings is 6. The Morgan fingerprint density at radius 1 is 0.411 bits per heavy atom. The molecule has 0 aliphatic carbocycles. The first-order valence-electron chi connectivity index (χ1n) is 17.7. The molecule has 0 saturated carbocycles. The third kappa shape index (κ3) is 8.61. The number of methoxy groups -OCH3 is 2. The molecule has 0 radical (unpaired) electrons. The zero-order chi connectivity index (χ0) is 39.9. The van der Waals surface area contributed by atoms with Gasteiger partial charge in [0.15, 0.2) is 0 Å². The fourth-order valence-electron chi connectivity index (χ4n) is 6.15. The lowest BCUT2D eigenvalue weighted by Gasteiger charge is -2.22. The van der Waals surface area contributed by atoms with E-state index in [2.05, 4.69) is 0 Å². The number of anilines is 2. The maximum atomic E-state index is 13.5. The first kappa shape index (κ1) is 38.5. The maximum absolute atomic E-state index is 13.5. The molecule has 0 aliphatic rings. The Hall–Kier alpha value is -7.20. The normalized spacial score (nSPS) is 10.6. The summed E-state index contributed by atoms with van der Waals surface area (Å²) in [6.07, 6.45) is 0. The number of hydrogen-bond donors (Lipinski definition) is 0. The van der Waals surface area contributed by atoms with E-state index in [9.17, 15) is 19.2 Å². The summed E-state index contributed by atoms with van der Waals surface area (Å²) < 4.78 is 21.2. The molecule has 0 aliphatic heterocycles. The molecular formula is C46H40N2O8. The van der Waals surface area contributed by atoms with Gasteiger partial charge in [-0.3, -0.25) is 9.59 Å². The molecule has 6 aromatic carbocycles. The number of amides is 2. The van der Waals surface area contributed by atoms with Crippen LogP contribution in [0.2, 0.25) is 0 Å². The van der Waals surface area contributed by atoms with Gasteiger partial charge in [-0.15, -0.1) is 0 Å². The van der Waals surface area contributed by atoms with Gasteiger partial charge in [-0.2, -0.15) is 0 Å². The van der Waals surface area contributed by atoms with Crippen LogP contribution in [0.25, 0.3) is 11.1 Å². The Labute approximate surface area is 325 Å². The van der Waals surface area contributed by atoms with E-state index in [-0.39, 0.29) is 11.8 Å². The van der Waals surface area contributed by atoms with Gasteiger partial charge in [0.1, 0.15) is 23.0 Å². The van der Waals surface area contributed by atoms with Gasteiger partial charge in [0, 0.05) is 36.6 Å². The second-order valence-electron chi connectivity index (χ2n) is 13.0. The van der Waals surface area contributed by atoms with Gasteiger partial charge in [0.2, 0.25) is 0 Å². The summed E-state index contributed by atoms with van der Waals surface area (Å²) in [6.45, 7) is 3.90. The number of carbonyl (C=O) groups excluding carboxylic acids is 4. The molecule has 10 heteroatoms. The Kier molecular flexibility index (Phi) is 11.6. The highest BCUT2D eigenvalue weighted by Crippen LogP contribution is 2.32. The van der Waals surface area contributed by atoms with Crippen LogP contribution in [0.3, 0.4) is 0 Å². The number of nitrogens with zero attached hydrogens (tertiary/aromatic N) is 2. The summed E-state index contributed by atoms with van der Waals surface area (Å²) >= 11 is 0. The highest BCUT2D eigenvalue weighted by molar-refractivity contribution is 6.07. The molecule has 0 spiro atoms. The van der Waals surface area contributed by atoms with Crippen molar-refractivity contribution in [2.24, 2.45) is 0 Å². The van der Waals surface area contributed by atoms with Gasteiger partial charge in [-0.1, -0.05) is 12.1 Å². The minimum absolute atomic E-state index is 0.217. The average Bonchev–Trinajstić information content (AvgIpc) is 3.23. The van der Waals surface area contributed by atoms with Crippen molar-refractivity contribution >= 4 is 35.1 Å². The van der Waals surface area contributed by atoms with Crippen molar-refractivity contribution in [3.8, 4) is 34.1 Å². The van der Waals surface area contributed by atoms with Crippen molar-refractivity contribution in [1.29, 1.82) is 0 Å². The molecule has 0 N–H and O–H groups in total. The predicted octanol–water partition coefficient (Wildman–Crippen LogP) is 8.98. The zero-order valence-corrected chi connectivity index (χ0v) is 31.9. The van der Waals surface area contributed by atoms with Crippen molar-refractivity contribution in [1.82, 2.24) is 0 Å². The van der Waals surface area contributed by atoms with E-state index in [0.29, 0.717) is 45.3 Å². The van der Waals surface area contributed by atoms with Crippen molar-refractivity contribution in [3.63, 3.8) is 0 Å². The Morgan fingerprint density at radius 3 is 1.02 bits per heavy atom. The van der Waals surface area contributed by atoms with Crippen LogP contribution < -0.4 is 28.7 Å². The van der Waals surface area contributed by atoms with Gasteiger partial charge < -0.3 is 28.7 Å². The fourth-order valence-corrected chi connectivity index (χ4v) is 6.15. The molecule has 0 bridgehead atoms. The van der Waals surface area contributed by atoms with E-state index < -0.39 is 11.9 Å². The number of carbonyl (C=O) groups is 4. The first-order valence-corrected chi connectivity index (χ1v) is 17.7. The highest BCUT2D eigenvalue weighted by Gasteiger charge is 2.19. The second kappa shape index (κ2) is 16.9. The lowest BCUT2D eigenvalue weighted by Crippen LogP contribution is -2.27. The quantitative estimate of drug-likeness (QED) is 0.0954. The van der Waals surface area contributed by atoms with Crippen LogP contribution in [0.4, 0.5) is 11.4 Å². The Morgan fingerprint density at radius 2 is 0.714 bits per heavy atom.